The topological polar surface area (TPSA) is 188 Å². The van der Waals surface area contributed by atoms with Gasteiger partial charge in [-0.05, 0) is 285 Å². The number of unbranched alkanes of at least 4 members (excludes halogenated alkanes) is 4. The van der Waals surface area contributed by atoms with Gasteiger partial charge in [-0.2, -0.15) is 20.4 Å². The molecule has 16 aliphatic carbocycles. The minimum Gasteiger partial charge on any atom is -0.350 e. The number of alkyl halides is 2. The first-order valence-electron chi connectivity index (χ1n) is 48.3. The number of fused-ring (bicyclic) bond motifs is 20. The Bertz CT molecular complexity index is 5810. The molecule has 8 bridgehead atoms. The molecule has 0 saturated heterocycles. The SMILES string of the molecule is CC1(C)C2CCC(CNC(=O)c3nn(-c4ccc(F)cc4F)c4c3Cc3cc(Br)ccc3-4)C1C2.CC1(C)C2CCC(CNC(=O)c3nn(-c4ccc(F)cc4F)c4c3Cc3cc(Cl)ccc3-4)C1C2.CC1(C)C2CCC(CNC(=O)c3nn(CCCCCCl)c4c3Cc3cc(Br)ccc3-4)C1C2.Cc1ccc2c(c1)Cc1c(C(=O)NCC3CCC4CC3C4(C)C)nn(CCCCCCl)c1-2. The lowest BCUT2D eigenvalue weighted by molar-refractivity contribution is -0.103. The van der Waals surface area contributed by atoms with Crippen molar-refractivity contribution in [3.63, 3.8) is 0 Å². The van der Waals surface area contributed by atoms with Crippen molar-refractivity contribution in [3.8, 4) is 56.4 Å². The Hall–Kier alpha value is -8.41. The summed E-state index contributed by atoms with van der Waals surface area (Å²) in [6.45, 7) is 25.6. The molecular weight excluding hydrogens is 1860 g/mol. The zero-order valence-electron chi connectivity index (χ0n) is 77.1. The van der Waals surface area contributed by atoms with E-state index in [1.807, 2.05) is 30.3 Å². The number of amides is 4. The Labute approximate surface area is 804 Å². The van der Waals surface area contributed by atoms with Gasteiger partial charge in [-0.3, -0.25) is 28.5 Å². The molecule has 696 valence electrons. The van der Waals surface area contributed by atoms with Crippen LogP contribution in [0, 0.1) is 123 Å². The van der Waals surface area contributed by atoms with Crippen molar-refractivity contribution in [3.05, 3.63) is 219 Å². The maximum Gasteiger partial charge on any atom is 0.272 e. The van der Waals surface area contributed by atoms with E-state index in [2.05, 4.69) is 171 Å². The van der Waals surface area contributed by atoms with E-state index in [1.54, 1.807) is 6.07 Å². The molecule has 4 heterocycles. The van der Waals surface area contributed by atoms with E-state index in [0.717, 1.165) is 203 Å². The fourth-order valence-electron chi connectivity index (χ4n) is 26.2. The van der Waals surface area contributed by atoms with Crippen molar-refractivity contribution in [1.29, 1.82) is 0 Å². The van der Waals surface area contributed by atoms with E-state index < -0.39 is 23.3 Å². The van der Waals surface area contributed by atoms with Crippen molar-refractivity contribution >= 4 is 90.3 Å². The summed E-state index contributed by atoms with van der Waals surface area (Å²) < 4.78 is 65.7. The number of nitrogens with one attached hydrogen (secondary N) is 4. The minimum absolute atomic E-state index is 0.00420. The molecule has 4 N–H and O–H groups in total. The molecule has 12 fully saturated rings. The largest absolute Gasteiger partial charge is 0.350 e. The third-order valence-electron chi connectivity index (χ3n) is 34.3. The average molecular weight is 1980 g/mol. The van der Waals surface area contributed by atoms with Crippen LogP contribution in [0.15, 0.2) is 118 Å². The molecule has 4 aromatic heterocycles. The summed E-state index contributed by atoms with van der Waals surface area (Å²) >= 11 is 25.0. The highest BCUT2D eigenvalue weighted by Gasteiger charge is 2.58. The van der Waals surface area contributed by atoms with Crippen LogP contribution in [0.25, 0.3) is 56.4 Å². The number of aryl methyl sites for hydroxylation is 3. The molecule has 12 unspecified atom stereocenters. The van der Waals surface area contributed by atoms with Gasteiger partial charge in [-0.15, -0.1) is 23.2 Å². The van der Waals surface area contributed by atoms with Gasteiger partial charge in [0.1, 0.15) is 23.0 Å². The van der Waals surface area contributed by atoms with E-state index >= 15 is 0 Å². The maximum atomic E-state index is 14.8. The fourth-order valence-corrected chi connectivity index (χ4v) is 27.6. The first kappa shape index (κ1) is 92.6. The Kier molecular flexibility index (Phi) is 25.9. The minimum atomic E-state index is -0.733. The van der Waals surface area contributed by atoms with E-state index in [0.29, 0.717) is 128 Å². The number of hydrogen-bond donors (Lipinski definition) is 4. The Morgan fingerprint density at radius 2 is 0.705 bits per heavy atom. The summed E-state index contributed by atoms with van der Waals surface area (Å²) in [7, 11) is 0. The van der Waals surface area contributed by atoms with Crippen LogP contribution in [-0.4, -0.2) is 101 Å². The van der Waals surface area contributed by atoms with Crippen LogP contribution >= 0.6 is 66.7 Å². The second kappa shape index (κ2) is 36.9. The predicted octanol–water partition coefficient (Wildman–Crippen LogP) is 24.9. The summed E-state index contributed by atoms with van der Waals surface area (Å²) in [5.74, 6) is 6.44. The van der Waals surface area contributed by atoms with Gasteiger partial charge >= 0.3 is 0 Å². The number of carbonyl (C=O) groups is 4. The molecule has 132 heavy (non-hydrogen) atoms. The normalized spacial score (nSPS) is 24.1. The van der Waals surface area contributed by atoms with Gasteiger partial charge in [0.2, 0.25) is 0 Å². The molecule has 6 aromatic carbocycles. The number of nitrogens with zero attached hydrogens (tertiary/aromatic N) is 8. The molecule has 12 saturated carbocycles. The number of rotatable bonds is 24. The zero-order valence-corrected chi connectivity index (χ0v) is 82.6. The Balaban J connectivity index is 0.000000114. The van der Waals surface area contributed by atoms with Gasteiger partial charge in [0.15, 0.2) is 34.4 Å². The summed E-state index contributed by atoms with van der Waals surface area (Å²) in [5, 5.41) is 32.2. The van der Waals surface area contributed by atoms with Gasteiger partial charge in [-0.1, -0.05) is 154 Å². The van der Waals surface area contributed by atoms with Crippen LogP contribution < -0.4 is 21.3 Å². The van der Waals surface area contributed by atoms with Crippen molar-refractivity contribution in [1.82, 2.24) is 60.4 Å². The van der Waals surface area contributed by atoms with Crippen LogP contribution in [0.1, 0.15) is 263 Å². The molecule has 4 amide bonds. The standard InChI is InChI=1S/C27H26BrF2N3O.C27H26ClF2N3O.C27H36ClN3O.C26H33BrClN3O/c2*1-27(2)16-4-3-14(21(27)11-16)13-31-26(34)24-20-10-15-9-17(28)5-7-19(15)25(20)33(32-24)23-8-6-18(29)12-22(23)30;1-17-7-10-21-19(13-17)14-22-24(30-31(25(21)22)12-6-4-5-11-28)26(32)29-16-18-8-9-20-15-23(18)27(20,2)3;1-26(2)18-7-6-16(22(26)14-18)15-29-25(32)23-21-13-17-12-19(27)8-9-20(17)24(21)31(30-23)11-5-3-4-10-28/h2*5-9,12,14,16,21H,3-4,10-11,13H2,1-2H3,(H,31,34);7,10,13,18,20,23H,4-6,8-9,11-12,14-16H2,1-3H3,(H,29,32);8-9,12,16,18,22H,3-7,10-11,13-15H2,1-2H3,(H,29,32). The molecule has 25 heteroatoms. The van der Waals surface area contributed by atoms with Gasteiger partial charge < -0.3 is 21.3 Å². The third-order valence-corrected chi connectivity index (χ3v) is 36.0. The lowest BCUT2D eigenvalue weighted by Crippen LogP contribution is -2.54. The number of carbonyl (C=O) groups excluding carboxylic acids is 4. The van der Waals surface area contributed by atoms with Crippen LogP contribution in [0.3, 0.4) is 0 Å². The van der Waals surface area contributed by atoms with Crippen LogP contribution in [0.5, 0.6) is 0 Å². The Morgan fingerprint density at radius 3 is 1.05 bits per heavy atom. The van der Waals surface area contributed by atoms with E-state index in [4.69, 9.17) is 45.0 Å². The number of hydrogen-bond acceptors (Lipinski definition) is 8. The fraction of sp³-hybridized carbons (Fsp3) is 0.514. The van der Waals surface area contributed by atoms with E-state index in [9.17, 15) is 36.7 Å². The third kappa shape index (κ3) is 17.1. The molecule has 26 rings (SSSR count). The van der Waals surface area contributed by atoms with Gasteiger partial charge in [0, 0.05) is 147 Å². The van der Waals surface area contributed by atoms with Crippen LogP contribution in [0.2, 0.25) is 5.02 Å². The zero-order chi connectivity index (χ0) is 92.5. The van der Waals surface area contributed by atoms with Crippen molar-refractivity contribution in [2.75, 3.05) is 37.9 Å². The summed E-state index contributed by atoms with van der Waals surface area (Å²) in [6.07, 6.45) is 23.9. The maximum absolute atomic E-state index is 14.8. The molecular formula is C107H121Br2Cl3F4N12O4. The molecule has 0 spiro atoms. The van der Waals surface area contributed by atoms with Crippen molar-refractivity contribution in [2.45, 2.75) is 217 Å². The highest BCUT2D eigenvalue weighted by atomic mass is 79.9. The molecule has 0 aliphatic heterocycles. The first-order valence-corrected chi connectivity index (χ1v) is 51.4. The number of benzene rings is 6. The van der Waals surface area contributed by atoms with Gasteiger partial charge in [0.05, 0.1) is 22.8 Å². The van der Waals surface area contributed by atoms with Gasteiger partial charge in [0.25, 0.3) is 23.6 Å². The van der Waals surface area contributed by atoms with Crippen molar-refractivity contribution < 1.29 is 36.7 Å². The molecule has 10 aromatic rings. The van der Waals surface area contributed by atoms with E-state index in [1.165, 1.54) is 126 Å². The average Bonchev–Trinajstić information content (AvgIpc) is 1.36. The smallest absolute Gasteiger partial charge is 0.272 e. The van der Waals surface area contributed by atoms with Crippen LogP contribution in [0.4, 0.5) is 17.6 Å². The van der Waals surface area contributed by atoms with E-state index in [-0.39, 0.29) is 40.7 Å². The van der Waals surface area contributed by atoms with Gasteiger partial charge in [-0.25, -0.2) is 26.9 Å². The number of halogens is 9. The highest BCUT2D eigenvalue weighted by molar-refractivity contribution is 9.10. The monoisotopic (exact) mass is 1980 g/mol. The second-order valence-electron chi connectivity index (χ2n) is 42.6. The van der Waals surface area contributed by atoms with Crippen LogP contribution in [-0.2, 0) is 38.8 Å². The quantitative estimate of drug-likeness (QED) is 0.0261. The second-order valence-corrected chi connectivity index (χ2v) is 45.6. The molecule has 16 aliphatic rings. The number of aromatic nitrogens is 8. The Morgan fingerprint density at radius 1 is 0.386 bits per heavy atom. The molecule has 0 radical (unpaired) electrons. The first-order chi connectivity index (χ1) is 63.3. The predicted molar refractivity (Wildman–Crippen MR) is 520 cm³/mol. The van der Waals surface area contributed by atoms with Crippen molar-refractivity contribution in [2.24, 2.45) is 92.7 Å². The summed E-state index contributed by atoms with van der Waals surface area (Å²) in [5.41, 5.74) is 21.1. The lowest BCUT2D eigenvalue weighted by atomic mass is 9.45. The molecule has 16 nitrogen and oxygen atoms in total. The summed E-state index contributed by atoms with van der Waals surface area (Å²) in [4.78, 5) is 53.4. The highest BCUT2D eigenvalue weighted by Crippen LogP contribution is 2.65. The lowest BCUT2D eigenvalue weighted by Gasteiger charge is -2.60. The molecule has 12 atom stereocenters. The summed E-state index contributed by atoms with van der Waals surface area (Å²) in [6, 6.07) is 31.2.